The van der Waals surface area contributed by atoms with E-state index in [0.29, 0.717) is 6.54 Å². The molecule has 0 saturated carbocycles. The minimum absolute atomic E-state index is 0.483. The van der Waals surface area contributed by atoms with Crippen LogP contribution in [0, 0.1) is 11.8 Å². The van der Waals surface area contributed by atoms with Crippen molar-refractivity contribution < 1.29 is 0 Å². The van der Waals surface area contributed by atoms with Gasteiger partial charge in [-0.15, -0.1) is 5.92 Å². The molecule has 1 heteroatoms. The predicted molar refractivity (Wildman–Crippen MR) is 33.9 cm³/mol. The molecule has 0 spiro atoms. The van der Waals surface area contributed by atoms with E-state index in [-0.39, 0.29) is 0 Å². The lowest BCUT2D eigenvalue weighted by Gasteiger charge is -1.60. The summed E-state index contributed by atoms with van der Waals surface area (Å²) in [4.78, 5) is 0. The lowest BCUT2D eigenvalue weighted by molar-refractivity contribution is 1.30. The second kappa shape index (κ2) is 17.8. The SMILES string of the molecule is CC.CC#CCN. The average molecular weight is 99.2 g/mol. The molecule has 7 heavy (non-hydrogen) atoms. The van der Waals surface area contributed by atoms with Crippen LogP contribution in [0.5, 0.6) is 0 Å². The first-order chi connectivity index (χ1) is 3.41. The Morgan fingerprint density at radius 2 is 1.86 bits per heavy atom. The van der Waals surface area contributed by atoms with Gasteiger partial charge in [0.15, 0.2) is 0 Å². The van der Waals surface area contributed by atoms with Crippen molar-refractivity contribution in [3.63, 3.8) is 0 Å². The molecule has 0 unspecified atom stereocenters. The van der Waals surface area contributed by atoms with Crippen molar-refractivity contribution in [2.75, 3.05) is 6.54 Å². The Hall–Kier alpha value is -0.480. The highest BCUT2D eigenvalue weighted by Crippen LogP contribution is 1.40. The fraction of sp³-hybridized carbons (Fsp3) is 0.667. The minimum atomic E-state index is 0.483. The molecule has 0 bridgehead atoms. The molecule has 0 aliphatic heterocycles. The van der Waals surface area contributed by atoms with Crippen molar-refractivity contribution in [2.45, 2.75) is 20.8 Å². The summed E-state index contributed by atoms with van der Waals surface area (Å²) in [6, 6.07) is 0. The van der Waals surface area contributed by atoms with Gasteiger partial charge in [0, 0.05) is 0 Å². The fourth-order valence-corrected chi connectivity index (χ4v) is 0.102. The summed E-state index contributed by atoms with van der Waals surface area (Å²) in [6.45, 7) is 6.25. The number of nitrogens with two attached hydrogens (primary N) is 1. The minimum Gasteiger partial charge on any atom is -0.320 e. The summed E-state index contributed by atoms with van der Waals surface area (Å²) in [5, 5.41) is 0. The molecule has 1 nitrogen and oxygen atoms in total. The Kier molecular flexibility index (Phi) is 24.7. The quantitative estimate of drug-likeness (QED) is 0.450. The highest BCUT2D eigenvalue weighted by Gasteiger charge is 1.47. The van der Waals surface area contributed by atoms with Crippen LogP contribution in [0.3, 0.4) is 0 Å². The van der Waals surface area contributed by atoms with Gasteiger partial charge in [0.2, 0.25) is 0 Å². The Labute approximate surface area is 45.9 Å². The van der Waals surface area contributed by atoms with Gasteiger partial charge in [-0.1, -0.05) is 19.8 Å². The Balaban J connectivity index is 0. The molecule has 0 aliphatic rings. The second-order valence-electron chi connectivity index (χ2n) is 0.631. The Morgan fingerprint density at radius 3 is 1.86 bits per heavy atom. The maximum Gasteiger partial charge on any atom is 0.0551 e. The molecule has 0 aromatic heterocycles. The van der Waals surface area contributed by atoms with E-state index in [1.54, 1.807) is 6.92 Å². The molecular formula is C6H13N. The van der Waals surface area contributed by atoms with Gasteiger partial charge < -0.3 is 5.73 Å². The van der Waals surface area contributed by atoms with Crippen LogP contribution in [0.2, 0.25) is 0 Å². The van der Waals surface area contributed by atoms with E-state index in [1.165, 1.54) is 0 Å². The number of hydrogen-bond donors (Lipinski definition) is 1. The molecule has 0 aliphatic carbocycles. The van der Waals surface area contributed by atoms with Crippen molar-refractivity contribution in [1.82, 2.24) is 0 Å². The molecule has 0 saturated heterocycles. The largest absolute Gasteiger partial charge is 0.320 e. The zero-order valence-electron chi connectivity index (χ0n) is 5.28. The zero-order valence-corrected chi connectivity index (χ0v) is 5.28. The van der Waals surface area contributed by atoms with Gasteiger partial charge in [-0.3, -0.25) is 0 Å². The van der Waals surface area contributed by atoms with Gasteiger partial charge in [0.1, 0.15) is 0 Å². The number of hydrogen-bond acceptors (Lipinski definition) is 1. The first-order valence-electron chi connectivity index (χ1n) is 2.51. The summed E-state index contributed by atoms with van der Waals surface area (Å²) in [5.74, 6) is 5.28. The van der Waals surface area contributed by atoms with Crippen LogP contribution >= 0.6 is 0 Å². The Morgan fingerprint density at radius 1 is 1.43 bits per heavy atom. The molecule has 0 aromatic carbocycles. The standard InChI is InChI=1S/C4H7N.C2H6/c1-2-3-4-5;1-2/h4-5H2,1H3;1-2H3. The Bertz CT molecular complexity index is 56.3. The molecule has 0 radical (unpaired) electrons. The maximum atomic E-state index is 4.97. The van der Waals surface area contributed by atoms with Crippen molar-refractivity contribution in [3.05, 3.63) is 0 Å². The van der Waals surface area contributed by atoms with Crippen LogP contribution in [0.1, 0.15) is 20.8 Å². The molecule has 42 valence electrons. The lowest BCUT2D eigenvalue weighted by atomic mass is 10.6. The number of rotatable bonds is 0. The van der Waals surface area contributed by atoms with Gasteiger partial charge in [0.25, 0.3) is 0 Å². The van der Waals surface area contributed by atoms with Gasteiger partial charge in [-0.2, -0.15) is 0 Å². The second-order valence-corrected chi connectivity index (χ2v) is 0.631. The molecule has 0 amide bonds. The third-order valence-corrected chi connectivity index (χ3v) is 0.279. The van der Waals surface area contributed by atoms with Crippen LogP contribution in [-0.4, -0.2) is 6.54 Å². The highest BCUT2D eigenvalue weighted by molar-refractivity contribution is 4.95. The lowest BCUT2D eigenvalue weighted by Crippen LogP contribution is -1.91. The summed E-state index contributed by atoms with van der Waals surface area (Å²) < 4.78 is 0. The smallest absolute Gasteiger partial charge is 0.0551 e. The molecular weight excluding hydrogens is 86.1 g/mol. The van der Waals surface area contributed by atoms with Gasteiger partial charge in [-0.25, -0.2) is 0 Å². The van der Waals surface area contributed by atoms with Crippen molar-refractivity contribution in [2.24, 2.45) is 5.73 Å². The van der Waals surface area contributed by atoms with Crippen molar-refractivity contribution in [1.29, 1.82) is 0 Å². The molecule has 0 aromatic rings. The summed E-state index contributed by atoms with van der Waals surface area (Å²) in [5.41, 5.74) is 4.97. The van der Waals surface area contributed by atoms with Gasteiger partial charge >= 0.3 is 0 Å². The molecule has 0 heterocycles. The normalized spacial score (nSPS) is 4.57. The topological polar surface area (TPSA) is 26.0 Å². The van der Waals surface area contributed by atoms with E-state index < -0.39 is 0 Å². The molecule has 2 N–H and O–H groups in total. The third-order valence-electron chi connectivity index (χ3n) is 0.279. The first kappa shape index (κ1) is 9.72. The van der Waals surface area contributed by atoms with Crippen LogP contribution in [0.25, 0.3) is 0 Å². The van der Waals surface area contributed by atoms with E-state index >= 15 is 0 Å². The molecule has 0 fully saturated rings. The van der Waals surface area contributed by atoms with Crippen molar-refractivity contribution in [3.8, 4) is 11.8 Å². The summed E-state index contributed by atoms with van der Waals surface area (Å²) in [6.07, 6.45) is 0. The highest BCUT2D eigenvalue weighted by atomic mass is 14.5. The molecule has 0 atom stereocenters. The zero-order chi connectivity index (χ0) is 6.12. The van der Waals surface area contributed by atoms with E-state index in [4.69, 9.17) is 5.73 Å². The van der Waals surface area contributed by atoms with Crippen LogP contribution in [0.15, 0.2) is 0 Å². The fourth-order valence-electron chi connectivity index (χ4n) is 0.102. The van der Waals surface area contributed by atoms with Crippen LogP contribution < -0.4 is 5.73 Å². The van der Waals surface area contributed by atoms with E-state index in [0.717, 1.165) is 0 Å². The maximum absolute atomic E-state index is 4.97. The summed E-state index contributed by atoms with van der Waals surface area (Å²) in [7, 11) is 0. The van der Waals surface area contributed by atoms with Crippen LogP contribution in [0.4, 0.5) is 0 Å². The molecule has 0 rings (SSSR count). The monoisotopic (exact) mass is 99.1 g/mol. The van der Waals surface area contributed by atoms with E-state index in [1.807, 2.05) is 13.8 Å². The predicted octanol–water partition coefficient (Wildman–Crippen LogP) is 0.995. The van der Waals surface area contributed by atoms with Crippen molar-refractivity contribution >= 4 is 0 Å². The van der Waals surface area contributed by atoms with Crippen LogP contribution in [-0.2, 0) is 0 Å². The third kappa shape index (κ3) is 29.6. The van der Waals surface area contributed by atoms with Gasteiger partial charge in [-0.05, 0) is 6.92 Å². The average Bonchev–Trinajstić information content (AvgIpc) is 1.75. The van der Waals surface area contributed by atoms with Gasteiger partial charge in [0.05, 0.1) is 6.54 Å². The van der Waals surface area contributed by atoms with E-state index in [2.05, 4.69) is 11.8 Å². The summed E-state index contributed by atoms with van der Waals surface area (Å²) >= 11 is 0. The van der Waals surface area contributed by atoms with E-state index in [9.17, 15) is 0 Å². The first-order valence-corrected chi connectivity index (χ1v) is 2.51.